The number of nitrogens with zero attached hydrogens (tertiary/aromatic N) is 1. The summed E-state index contributed by atoms with van der Waals surface area (Å²) < 4.78 is 5.49. The van der Waals surface area contributed by atoms with Gasteiger partial charge in [0.15, 0.2) is 0 Å². The van der Waals surface area contributed by atoms with Crippen LogP contribution in [0.1, 0.15) is 86.0 Å². The molecule has 3 aliphatic carbocycles. The number of carbonyl (C=O) groups is 5. The van der Waals surface area contributed by atoms with Crippen LogP contribution in [0.2, 0.25) is 0 Å². The second kappa shape index (κ2) is 11.1. The van der Waals surface area contributed by atoms with Crippen molar-refractivity contribution in [2.45, 2.75) is 110 Å². The Morgan fingerprint density at radius 1 is 0.974 bits per heavy atom. The Labute approximate surface area is 231 Å². The third kappa shape index (κ3) is 6.57. The van der Waals surface area contributed by atoms with Gasteiger partial charge in [-0.15, -0.1) is 0 Å². The lowest BCUT2D eigenvalue weighted by molar-refractivity contribution is -0.145. The van der Waals surface area contributed by atoms with Crippen LogP contribution in [0.25, 0.3) is 0 Å². The van der Waals surface area contributed by atoms with Crippen LogP contribution in [0.5, 0.6) is 0 Å². The van der Waals surface area contributed by atoms with Gasteiger partial charge in [0.2, 0.25) is 17.6 Å². The molecule has 4 rings (SSSR count). The number of hydrogen-bond acceptors (Lipinski definition) is 6. The van der Waals surface area contributed by atoms with Gasteiger partial charge in [-0.1, -0.05) is 46.0 Å². The van der Waals surface area contributed by atoms with E-state index in [0.717, 1.165) is 44.9 Å². The smallest absolute Gasteiger partial charge is 0.408 e. The lowest BCUT2D eigenvalue weighted by Crippen LogP contribution is -2.59. The van der Waals surface area contributed by atoms with Crippen LogP contribution < -0.4 is 16.0 Å². The number of likely N-dealkylation sites (N-methyl/N-ethyl adjacent to an activating group) is 1. The number of Topliss-reactive ketones (excluding diaryl/α,β-unsaturated/α-hetero) is 1. The first-order valence-corrected chi connectivity index (χ1v) is 14.6. The molecule has 0 radical (unpaired) electrons. The molecule has 1 heterocycles. The Balaban J connectivity index is 1.55. The van der Waals surface area contributed by atoms with Crippen LogP contribution in [0.15, 0.2) is 0 Å². The molecule has 3 unspecified atom stereocenters. The molecule has 4 fully saturated rings. The van der Waals surface area contributed by atoms with Crippen LogP contribution in [-0.2, 0) is 23.9 Å². The topological polar surface area (TPSA) is 134 Å². The lowest BCUT2D eigenvalue weighted by Gasteiger charge is -2.37. The number of fused-ring (bicyclic) bond motifs is 1. The highest BCUT2D eigenvalue weighted by atomic mass is 16.6. The van der Waals surface area contributed by atoms with E-state index in [9.17, 15) is 24.0 Å². The Hall–Kier alpha value is -2.65. The lowest BCUT2D eigenvalue weighted by atomic mass is 9.83. The largest absolute Gasteiger partial charge is 0.444 e. The molecular weight excluding hydrogens is 500 g/mol. The molecule has 4 aliphatic rings. The number of nitrogens with one attached hydrogen (secondary N) is 3. The standard InChI is InChI=1S/C29H46N4O6/c1-28(2,3)39-27(38)32-21(17-10-8-7-9-11-17)26(37)33-15-18-20(29(18,4)5)22(33)24(35)31-19(14-16-12-13-16)23(34)25(36)30-6/h16-22H,7-15H2,1-6H3,(H,30,36)(H,31,35)(H,32,38)/t18?,19?,20?,21-,22-/m0/s1. The van der Waals surface area contributed by atoms with Crippen molar-refractivity contribution in [1.82, 2.24) is 20.9 Å². The summed E-state index contributed by atoms with van der Waals surface area (Å²) in [6.45, 7) is 9.94. The van der Waals surface area contributed by atoms with E-state index in [1.165, 1.54) is 7.05 Å². The van der Waals surface area contributed by atoms with Crippen molar-refractivity contribution < 1.29 is 28.7 Å². The van der Waals surface area contributed by atoms with Crippen LogP contribution in [-0.4, -0.2) is 71.8 Å². The van der Waals surface area contributed by atoms with Gasteiger partial charge in [0.05, 0.1) is 6.04 Å². The second-order valence-electron chi connectivity index (χ2n) is 13.6. The fourth-order valence-corrected chi connectivity index (χ4v) is 6.73. The SMILES string of the molecule is CNC(=O)C(=O)C(CC1CC1)NC(=O)[C@@H]1C2C(CN1C(=O)[C@@H](NC(=O)OC(C)(C)C)C1CCCCC1)C2(C)C. The summed E-state index contributed by atoms with van der Waals surface area (Å²) in [6, 6.07) is -2.47. The molecule has 0 aromatic carbocycles. The quantitative estimate of drug-likeness (QED) is 0.381. The van der Waals surface area contributed by atoms with Gasteiger partial charge in [-0.05, 0) is 69.1 Å². The van der Waals surface area contributed by atoms with E-state index < -0.39 is 47.4 Å². The van der Waals surface area contributed by atoms with Gasteiger partial charge in [0, 0.05) is 13.6 Å². The highest BCUT2D eigenvalue weighted by Gasteiger charge is 2.69. The molecule has 0 spiro atoms. The summed E-state index contributed by atoms with van der Waals surface area (Å²) in [6.07, 6.45) is 6.42. The van der Waals surface area contributed by atoms with Gasteiger partial charge in [-0.3, -0.25) is 19.2 Å². The molecule has 3 N–H and O–H groups in total. The fraction of sp³-hybridized carbons (Fsp3) is 0.828. The van der Waals surface area contributed by atoms with Gasteiger partial charge in [0.25, 0.3) is 5.91 Å². The monoisotopic (exact) mass is 546 g/mol. The number of ether oxygens (including phenoxy) is 1. The van der Waals surface area contributed by atoms with Crippen molar-refractivity contribution in [2.24, 2.45) is 29.1 Å². The van der Waals surface area contributed by atoms with Crippen molar-refractivity contribution in [1.29, 1.82) is 0 Å². The maximum Gasteiger partial charge on any atom is 0.408 e. The highest BCUT2D eigenvalue weighted by molar-refractivity contribution is 6.38. The first kappa shape index (κ1) is 29.3. The van der Waals surface area contributed by atoms with E-state index >= 15 is 0 Å². The third-order valence-corrected chi connectivity index (χ3v) is 9.17. The Kier molecular flexibility index (Phi) is 8.34. The molecule has 1 saturated heterocycles. The zero-order valence-electron chi connectivity index (χ0n) is 24.3. The van der Waals surface area contributed by atoms with Crippen molar-refractivity contribution in [3.63, 3.8) is 0 Å². The molecule has 39 heavy (non-hydrogen) atoms. The molecule has 0 aromatic rings. The fourth-order valence-electron chi connectivity index (χ4n) is 6.73. The van der Waals surface area contributed by atoms with Crippen LogP contribution in [0, 0.1) is 29.1 Å². The molecular formula is C29H46N4O6. The summed E-state index contributed by atoms with van der Waals surface area (Å²) in [5.74, 6) is -1.69. The second-order valence-corrected chi connectivity index (χ2v) is 13.6. The first-order valence-electron chi connectivity index (χ1n) is 14.6. The zero-order valence-corrected chi connectivity index (χ0v) is 24.3. The molecule has 0 aromatic heterocycles. The molecule has 3 saturated carbocycles. The van der Waals surface area contributed by atoms with E-state index in [1.807, 2.05) is 0 Å². The van der Waals surface area contributed by atoms with Crippen molar-refractivity contribution in [3.05, 3.63) is 0 Å². The third-order valence-electron chi connectivity index (χ3n) is 9.17. The molecule has 218 valence electrons. The summed E-state index contributed by atoms with van der Waals surface area (Å²) in [4.78, 5) is 67.3. The Bertz CT molecular complexity index is 994. The number of hydrogen-bond donors (Lipinski definition) is 3. The minimum atomic E-state index is -0.920. The minimum absolute atomic E-state index is 0.0372. The Morgan fingerprint density at radius 2 is 1.62 bits per heavy atom. The van der Waals surface area contributed by atoms with Crippen LogP contribution >= 0.6 is 0 Å². The maximum atomic E-state index is 14.1. The average Bonchev–Trinajstić information content (AvgIpc) is 3.72. The first-order chi connectivity index (χ1) is 18.2. The van der Waals surface area contributed by atoms with Gasteiger partial charge in [-0.25, -0.2) is 4.79 Å². The Morgan fingerprint density at radius 3 is 2.18 bits per heavy atom. The van der Waals surface area contributed by atoms with E-state index in [2.05, 4.69) is 29.8 Å². The van der Waals surface area contributed by atoms with Crippen molar-refractivity contribution in [3.8, 4) is 0 Å². The van der Waals surface area contributed by atoms with Gasteiger partial charge >= 0.3 is 6.09 Å². The summed E-state index contributed by atoms with van der Waals surface area (Å²) in [5, 5.41) is 8.08. The predicted molar refractivity (Wildman–Crippen MR) is 144 cm³/mol. The molecule has 4 amide bonds. The summed E-state index contributed by atoms with van der Waals surface area (Å²) in [5.41, 5.74) is -0.825. The van der Waals surface area contributed by atoms with E-state index in [1.54, 1.807) is 25.7 Å². The summed E-state index contributed by atoms with van der Waals surface area (Å²) >= 11 is 0. The predicted octanol–water partition coefficient (Wildman–Crippen LogP) is 2.54. The highest BCUT2D eigenvalue weighted by Crippen LogP contribution is 2.65. The van der Waals surface area contributed by atoms with Gasteiger partial charge in [0.1, 0.15) is 17.7 Å². The number of carbonyl (C=O) groups excluding carboxylic acids is 5. The van der Waals surface area contributed by atoms with Crippen LogP contribution in [0.4, 0.5) is 4.79 Å². The number of ketones is 1. The van der Waals surface area contributed by atoms with Gasteiger partial charge in [-0.2, -0.15) is 0 Å². The van der Waals surface area contributed by atoms with E-state index in [-0.39, 0.29) is 29.1 Å². The van der Waals surface area contributed by atoms with Gasteiger partial charge < -0.3 is 25.6 Å². The minimum Gasteiger partial charge on any atom is -0.444 e. The molecule has 1 aliphatic heterocycles. The maximum absolute atomic E-state index is 14.1. The number of piperidine rings is 1. The summed E-state index contributed by atoms with van der Waals surface area (Å²) in [7, 11) is 1.40. The number of amides is 4. The zero-order chi connectivity index (χ0) is 28.7. The number of rotatable bonds is 9. The van der Waals surface area contributed by atoms with E-state index in [0.29, 0.717) is 18.9 Å². The number of alkyl carbamates (subject to hydrolysis) is 1. The van der Waals surface area contributed by atoms with E-state index in [4.69, 9.17) is 4.74 Å². The van der Waals surface area contributed by atoms with Crippen molar-refractivity contribution >= 4 is 29.6 Å². The molecule has 0 bridgehead atoms. The number of likely N-dealkylation sites (tertiary alicyclic amines) is 1. The average molecular weight is 547 g/mol. The normalized spacial score (nSPS) is 27.5. The molecule has 10 nitrogen and oxygen atoms in total. The molecule has 5 atom stereocenters. The van der Waals surface area contributed by atoms with Crippen LogP contribution in [0.3, 0.4) is 0 Å². The molecule has 10 heteroatoms. The van der Waals surface area contributed by atoms with Crippen molar-refractivity contribution in [2.75, 3.05) is 13.6 Å².